The highest BCUT2D eigenvalue weighted by Gasteiger charge is 2.23. The monoisotopic (exact) mass is 281 g/mol. The van der Waals surface area contributed by atoms with Crippen molar-refractivity contribution in [2.45, 2.75) is 4.34 Å². The summed E-state index contributed by atoms with van der Waals surface area (Å²) in [7, 11) is -3.39. The number of hydrogen-bond donors (Lipinski definition) is 1. The van der Waals surface area contributed by atoms with Gasteiger partial charge in [-0.15, -0.1) is 11.3 Å². The van der Waals surface area contributed by atoms with Crippen LogP contribution in [0.15, 0.2) is 33.6 Å². The maximum atomic E-state index is 12.2. The van der Waals surface area contributed by atoms with Gasteiger partial charge in [0.05, 0.1) is 16.8 Å². The normalized spacial score (nSPS) is 15.7. The number of amidine groups is 1. The molecular weight excluding hydrogens is 270 g/mol. The Morgan fingerprint density at radius 3 is 2.89 bits per heavy atom. The minimum Gasteiger partial charge on any atom is -0.371 e. The van der Waals surface area contributed by atoms with Gasteiger partial charge in [-0.25, -0.2) is 13.4 Å². The van der Waals surface area contributed by atoms with Gasteiger partial charge >= 0.3 is 0 Å². The van der Waals surface area contributed by atoms with Crippen molar-refractivity contribution >= 4 is 37.2 Å². The second-order valence-electron chi connectivity index (χ2n) is 3.96. The molecule has 0 spiro atoms. The van der Waals surface area contributed by atoms with E-state index in [-0.39, 0.29) is 10.1 Å². The van der Waals surface area contributed by atoms with Gasteiger partial charge in [0.2, 0.25) is 14.2 Å². The molecule has 0 radical (unpaired) electrons. The number of aliphatic imine (C=N–C) groups is 1. The number of thiazole rings is 1. The lowest BCUT2D eigenvalue weighted by Gasteiger charge is -2.01. The van der Waals surface area contributed by atoms with E-state index in [2.05, 4.69) is 15.3 Å². The molecule has 0 unspecified atom stereocenters. The van der Waals surface area contributed by atoms with Crippen LogP contribution < -0.4 is 5.32 Å². The van der Waals surface area contributed by atoms with Crippen molar-refractivity contribution in [3.63, 3.8) is 0 Å². The number of para-hydroxylation sites is 1. The molecule has 18 heavy (non-hydrogen) atoms. The summed E-state index contributed by atoms with van der Waals surface area (Å²) >= 11 is 1.21. The van der Waals surface area contributed by atoms with Crippen LogP contribution in [0.2, 0.25) is 0 Å². The summed E-state index contributed by atoms with van der Waals surface area (Å²) < 4.78 is 25.4. The zero-order chi connectivity index (χ0) is 12.6. The van der Waals surface area contributed by atoms with Crippen LogP contribution in [0, 0.1) is 0 Å². The molecule has 1 N–H and O–H groups in total. The van der Waals surface area contributed by atoms with E-state index in [4.69, 9.17) is 0 Å². The highest BCUT2D eigenvalue weighted by molar-refractivity contribution is 7.94. The van der Waals surface area contributed by atoms with Crippen LogP contribution in [0.1, 0.15) is 0 Å². The number of nitrogens with one attached hydrogen (secondary N) is 1. The van der Waals surface area contributed by atoms with E-state index in [1.165, 1.54) is 11.3 Å². The molecule has 0 bridgehead atoms. The minimum atomic E-state index is -3.39. The molecule has 94 valence electrons. The van der Waals surface area contributed by atoms with Gasteiger partial charge in [-0.2, -0.15) is 0 Å². The second-order valence-corrected chi connectivity index (χ2v) is 7.16. The molecule has 3 rings (SSSR count). The summed E-state index contributed by atoms with van der Waals surface area (Å²) in [5, 5.41) is 2.96. The lowest BCUT2D eigenvalue weighted by Crippen LogP contribution is -2.26. The molecule has 1 aromatic carbocycles. The van der Waals surface area contributed by atoms with Crippen LogP contribution in [0.25, 0.3) is 10.2 Å². The molecule has 1 aliphatic heterocycles. The van der Waals surface area contributed by atoms with Gasteiger partial charge in [0.1, 0.15) is 11.6 Å². The van der Waals surface area contributed by atoms with Gasteiger partial charge in [-0.3, -0.25) is 4.99 Å². The standard InChI is InChI=1S/C11H11N3O2S2/c15-18(16,7-10-12-5-6-13-10)11-14-8-3-1-2-4-9(8)17-11/h1-4H,5-7H2,(H,12,13). The van der Waals surface area contributed by atoms with Gasteiger partial charge in [-0.05, 0) is 12.1 Å². The van der Waals surface area contributed by atoms with Gasteiger partial charge < -0.3 is 5.32 Å². The predicted octanol–water partition coefficient (Wildman–Crippen LogP) is 1.07. The quantitative estimate of drug-likeness (QED) is 0.913. The van der Waals surface area contributed by atoms with E-state index in [1.807, 2.05) is 24.3 Å². The van der Waals surface area contributed by atoms with E-state index in [1.54, 1.807) is 0 Å². The molecule has 0 aliphatic carbocycles. The van der Waals surface area contributed by atoms with Crippen LogP contribution in [0.5, 0.6) is 0 Å². The number of fused-ring (bicyclic) bond motifs is 1. The molecule has 2 aromatic rings. The SMILES string of the molecule is O=S(=O)(CC1=NCCN1)c1nc2ccccc2s1. The molecular formula is C11H11N3O2S2. The number of sulfone groups is 1. The Morgan fingerprint density at radius 2 is 2.17 bits per heavy atom. The summed E-state index contributed by atoms with van der Waals surface area (Å²) in [6.45, 7) is 1.36. The van der Waals surface area contributed by atoms with Crippen molar-refractivity contribution in [3.05, 3.63) is 24.3 Å². The lowest BCUT2D eigenvalue weighted by molar-refractivity contribution is 0.599. The largest absolute Gasteiger partial charge is 0.371 e. The molecule has 7 heteroatoms. The molecule has 0 amide bonds. The van der Waals surface area contributed by atoms with Crippen LogP contribution in [-0.4, -0.2) is 38.1 Å². The van der Waals surface area contributed by atoms with Crippen molar-refractivity contribution in [1.29, 1.82) is 0 Å². The van der Waals surface area contributed by atoms with Crippen molar-refractivity contribution in [2.75, 3.05) is 18.8 Å². The third-order valence-electron chi connectivity index (χ3n) is 2.61. The Kier molecular flexibility index (Phi) is 2.79. The smallest absolute Gasteiger partial charge is 0.212 e. The van der Waals surface area contributed by atoms with Gasteiger partial charge in [0.25, 0.3) is 0 Å². The topological polar surface area (TPSA) is 71.4 Å². The highest BCUT2D eigenvalue weighted by Crippen LogP contribution is 2.25. The lowest BCUT2D eigenvalue weighted by atomic mass is 10.3. The average molecular weight is 281 g/mol. The average Bonchev–Trinajstić information content (AvgIpc) is 2.96. The van der Waals surface area contributed by atoms with Crippen molar-refractivity contribution in [3.8, 4) is 0 Å². The zero-order valence-electron chi connectivity index (χ0n) is 9.46. The Bertz CT molecular complexity index is 686. The van der Waals surface area contributed by atoms with Gasteiger partial charge in [-0.1, -0.05) is 12.1 Å². The summed E-state index contributed by atoms with van der Waals surface area (Å²) in [5.41, 5.74) is 0.724. The van der Waals surface area contributed by atoms with Crippen molar-refractivity contribution in [1.82, 2.24) is 10.3 Å². The highest BCUT2D eigenvalue weighted by atomic mass is 32.2. The zero-order valence-corrected chi connectivity index (χ0v) is 11.1. The maximum absolute atomic E-state index is 12.2. The van der Waals surface area contributed by atoms with Crippen LogP contribution >= 0.6 is 11.3 Å². The number of benzene rings is 1. The Morgan fingerprint density at radius 1 is 1.33 bits per heavy atom. The number of nitrogens with zero attached hydrogens (tertiary/aromatic N) is 2. The fraction of sp³-hybridized carbons (Fsp3) is 0.273. The maximum Gasteiger partial charge on any atom is 0.212 e. The number of aromatic nitrogens is 1. The molecule has 5 nitrogen and oxygen atoms in total. The Labute approximate surface area is 108 Å². The Hall–Kier alpha value is -1.47. The summed E-state index contributed by atoms with van der Waals surface area (Å²) in [6, 6.07) is 7.41. The molecule has 1 aliphatic rings. The van der Waals surface area contributed by atoms with Gasteiger partial charge in [0.15, 0.2) is 0 Å². The van der Waals surface area contributed by atoms with E-state index in [0.29, 0.717) is 18.9 Å². The molecule has 0 fully saturated rings. The van der Waals surface area contributed by atoms with Crippen LogP contribution in [0.3, 0.4) is 0 Å². The third kappa shape index (κ3) is 2.11. The molecule has 1 aromatic heterocycles. The van der Waals surface area contributed by atoms with E-state index in [9.17, 15) is 8.42 Å². The molecule has 0 saturated carbocycles. The van der Waals surface area contributed by atoms with Crippen LogP contribution in [-0.2, 0) is 9.84 Å². The third-order valence-corrected chi connectivity index (χ3v) is 5.73. The number of hydrogen-bond acceptors (Lipinski definition) is 6. The van der Waals surface area contributed by atoms with Crippen molar-refractivity contribution < 1.29 is 8.42 Å². The minimum absolute atomic E-state index is 0.0905. The second kappa shape index (κ2) is 4.33. The number of rotatable bonds is 3. The summed E-state index contributed by atoms with van der Waals surface area (Å²) in [4.78, 5) is 8.28. The molecule has 2 heterocycles. The molecule has 0 atom stereocenters. The van der Waals surface area contributed by atoms with E-state index in [0.717, 1.165) is 10.2 Å². The van der Waals surface area contributed by atoms with E-state index >= 15 is 0 Å². The Balaban J connectivity index is 1.97. The first kappa shape index (κ1) is 11.6. The first-order chi connectivity index (χ1) is 8.65. The van der Waals surface area contributed by atoms with Crippen molar-refractivity contribution in [2.24, 2.45) is 4.99 Å². The first-order valence-corrected chi connectivity index (χ1v) is 7.97. The van der Waals surface area contributed by atoms with Gasteiger partial charge in [0, 0.05) is 6.54 Å². The van der Waals surface area contributed by atoms with E-state index < -0.39 is 9.84 Å². The fourth-order valence-corrected chi connectivity index (χ4v) is 4.33. The summed E-state index contributed by atoms with van der Waals surface area (Å²) in [5.74, 6) is 0.446. The van der Waals surface area contributed by atoms with Crippen LogP contribution in [0.4, 0.5) is 0 Å². The first-order valence-electron chi connectivity index (χ1n) is 5.51. The fourth-order valence-electron chi connectivity index (χ4n) is 1.77. The molecule has 0 saturated heterocycles. The summed E-state index contributed by atoms with van der Waals surface area (Å²) in [6.07, 6.45) is 0. The predicted molar refractivity (Wildman–Crippen MR) is 72.0 cm³/mol.